The normalized spacial score (nSPS) is 16.5. The van der Waals surface area contributed by atoms with Gasteiger partial charge in [0.2, 0.25) is 0 Å². The number of aryl methyl sites for hydroxylation is 1. The number of rotatable bonds is 8. The van der Waals surface area contributed by atoms with Gasteiger partial charge in [0, 0.05) is 39.7 Å². The third-order valence-electron chi connectivity index (χ3n) is 4.83. The van der Waals surface area contributed by atoms with Gasteiger partial charge in [-0.3, -0.25) is 4.99 Å². The van der Waals surface area contributed by atoms with Crippen LogP contribution in [0.5, 0.6) is 0 Å². The van der Waals surface area contributed by atoms with E-state index < -0.39 is 0 Å². The summed E-state index contributed by atoms with van der Waals surface area (Å²) in [5, 5.41) is 9.76. The van der Waals surface area contributed by atoms with Gasteiger partial charge in [-0.2, -0.15) is 0 Å². The number of aliphatic imine (C=N–C) groups is 1. The molecule has 1 aliphatic carbocycles. The lowest BCUT2D eigenvalue weighted by atomic mass is 9.89. The van der Waals surface area contributed by atoms with Gasteiger partial charge in [-0.05, 0) is 36.8 Å². The first-order valence-electron chi connectivity index (χ1n) is 9.93. The van der Waals surface area contributed by atoms with E-state index in [2.05, 4.69) is 50.3 Å². The van der Waals surface area contributed by atoms with E-state index in [1.807, 2.05) is 19.0 Å². The van der Waals surface area contributed by atoms with Gasteiger partial charge in [-0.15, -0.1) is 11.3 Å². The minimum atomic E-state index is 0.248. The molecular weight excluding hydrogens is 370 g/mol. The Labute approximate surface area is 172 Å². The number of benzene rings is 1. The maximum atomic E-state index is 6.17. The Morgan fingerprint density at radius 1 is 1.32 bits per heavy atom. The first-order chi connectivity index (χ1) is 13.7. The highest BCUT2D eigenvalue weighted by Gasteiger charge is 2.19. The van der Waals surface area contributed by atoms with Crippen LogP contribution in [0.4, 0.5) is 5.13 Å². The van der Waals surface area contributed by atoms with E-state index in [-0.39, 0.29) is 6.10 Å². The molecule has 3 rings (SSSR count). The van der Waals surface area contributed by atoms with Crippen LogP contribution >= 0.6 is 11.3 Å². The summed E-state index contributed by atoms with van der Waals surface area (Å²) in [6, 6.07) is 8.67. The van der Waals surface area contributed by atoms with Gasteiger partial charge in [0.15, 0.2) is 11.1 Å². The summed E-state index contributed by atoms with van der Waals surface area (Å²) in [7, 11) is 5.80. The molecule has 0 bridgehead atoms. The summed E-state index contributed by atoms with van der Waals surface area (Å²) in [6.07, 6.45) is 4.70. The number of aromatic nitrogens is 1. The Morgan fingerprint density at radius 3 is 2.96 bits per heavy atom. The van der Waals surface area contributed by atoms with E-state index in [1.165, 1.54) is 24.0 Å². The molecule has 1 atom stereocenters. The summed E-state index contributed by atoms with van der Waals surface area (Å²) in [4.78, 5) is 10.9. The van der Waals surface area contributed by atoms with Crippen molar-refractivity contribution >= 4 is 22.4 Å². The van der Waals surface area contributed by atoms with Gasteiger partial charge >= 0.3 is 0 Å². The van der Waals surface area contributed by atoms with Crippen LogP contribution in [0.3, 0.4) is 0 Å². The summed E-state index contributed by atoms with van der Waals surface area (Å²) in [6.45, 7) is 2.24. The monoisotopic (exact) mass is 401 g/mol. The van der Waals surface area contributed by atoms with Gasteiger partial charge in [-0.1, -0.05) is 24.3 Å². The first-order valence-corrected chi connectivity index (χ1v) is 10.8. The molecule has 1 aromatic carbocycles. The molecule has 1 aliphatic rings. The Balaban J connectivity index is 1.35. The van der Waals surface area contributed by atoms with Gasteiger partial charge in [0.05, 0.1) is 18.3 Å². The van der Waals surface area contributed by atoms with Gasteiger partial charge in [0.1, 0.15) is 0 Å². The highest BCUT2D eigenvalue weighted by atomic mass is 32.1. The van der Waals surface area contributed by atoms with Crippen molar-refractivity contribution in [2.24, 2.45) is 4.99 Å². The summed E-state index contributed by atoms with van der Waals surface area (Å²) < 4.78 is 6.17. The zero-order chi connectivity index (χ0) is 19.8. The maximum absolute atomic E-state index is 6.17. The molecular formula is C21H31N5OS. The van der Waals surface area contributed by atoms with Crippen molar-refractivity contribution in [2.45, 2.75) is 38.3 Å². The number of guanidine groups is 1. The van der Waals surface area contributed by atoms with Crippen molar-refractivity contribution in [1.29, 1.82) is 0 Å². The van der Waals surface area contributed by atoms with Crippen molar-refractivity contribution in [2.75, 3.05) is 39.2 Å². The second kappa shape index (κ2) is 10.4. The number of fused-ring (bicyclic) bond motifs is 1. The molecule has 7 heteroatoms. The second-order valence-corrected chi connectivity index (χ2v) is 8.01. The van der Waals surface area contributed by atoms with Gasteiger partial charge in [0.25, 0.3) is 0 Å². The van der Waals surface area contributed by atoms with Crippen LogP contribution in [-0.2, 0) is 17.7 Å². The highest BCUT2D eigenvalue weighted by Crippen LogP contribution is 2.32. The first kappa shape index (κ1) is 20.6. The molecule has 0 spiro atoms. The van der Waals surface area contributed by atoms with E-state index in [4.69, 9.17) is 4.74 Å². The van der Waals surface area contributed by atoms with Gasteiger partial charge in [-0.25, -0.2) is 4.98 Å². The molecule has 2 N–H and O–H groups in total. The van der Waals surface area contributed by atoms with Crippen LogP contribution in [0.1, 0.15) is 42.2 Å². The molecule has 0 radical (unpaired) electrons. The Kier molecular flexibility index (Phi) is 7.68. The lowest BCUT2D eigenvalue weighted by molar-refractivity contribution is 0.0398. The van der Waals surface area contributed by atoms with E-state index in [0.717, 1.165) is 42.8 Å². The van der Waals surface area contributed by atoms with Crippen LogP contribution in [0.25, 0.3) is 0 Å². The van der Waals surface area contributed by atoms with E-state index in [9.17, 15) is 0 Å². The molecule has 1 unspecified atom stereocenters. The highest BCUT2D eigenvalue weighted by molar-refractivity contribution is 7.13. The Hall–Kier alpha value is -2.12. The number of nitrogens with one attached hydrogen (secondary N) is 2. The average Bonchev–Trinajstić information content (AvgIpc) is 3.19. The molecule has 152 valence electrons. The Morgan fingerprint density at radius 2 is 2.18 bits per heavy atom. The topological polar surface area (TPSA) is 61.8 Å². The fourth-order valence-corrected chi connectivity index (χ4v) is 4.12. The minimum Gasteiger partial charge on any atom is -0.373 e. The molecule has 0 amide bonds. The third-order valence-corrected chi connectivity index (χ3v) is 5.89. The van der Waals surface area contributed by atoms with Gasteiger partial charge < -0.3 is 20.3 Å². The van der Waals surface area contributed by atoms with Crippen LogP contribution in [0.2, 0.25) is 0 Å². The molecule has 0 saturated carbocycles. The molecule has 0 aliphatic heterocycles. The zero-order valence-corrected chi connectivity index (χ0v) is 17.9. The van der Waals surface area contributed by atoms with Crippen LogP contribution in [0, 0.1) is 0 Å². The molecule has 28 heavy (non-hydrogen) atoms. The lowest BCUT2D eigenvalue weighted by Crippen LogP contribution is -2.37. The predicted octanol–water partition coefficient (Wildman–Crippen LogP) is 3.36. The molecule has 1 aromatic heterocycles. The van der Waals surface area contributed by atoms with Crippen molar-refractivity contribution in [3.8, 4) is 0 Å². The van der Waals surface area contributed by atoms with Crippen molar-refractivity contribution in [3.63, 3.8) is 0 Å². The van der Waals surface area contributed by atoms with Crippen molar-refractivity contribution in [3.05, 3.63) is 46.5 Å². The standard InChI is InChI=1S/C21H31N5OS/c1-22-20(24-14-17-15-28-21(25-17)26(2)3)23-12-7-13-27-19-11-6-9-16-8-4-5-10-18(16)19/h4-5,8,10,15,19H,6-7,9,11-14H2,1-3H3,(H2,22,23,24). The fraction of sp³-hybridized carbons (Fsp3) is 0.524. The quantitative estimate of drug-likeness (QED) is 0.403. The van der Waals surface area contributed by atoms with Crippen molar-refractivity contribution < 1.29 is 4.74 Å². The lowest BCUT2D eigenvalue weighted by Gasteiger charge is -2.25. The summed E-state index contributed by atoms with van der Waals surface area (Å²) >= 11 is 1.65. The second-order valence-electron chi connectivity index (χ2n) is 7.17. The van der Waals surface area contributed by atoms with Crippen LogP contribution < -0.4 is 15.5 Å². The number of hydrogen-bond donors (Lipinski definition) is 2. The number of hydrogen-bond acceptors (Lipinski definition) is 5. The zero-order valence-electron chi connectivity index (χ0n) is 17.1. The number of ether oxygens (including phenoxy) is 1. The molecule has 0 fully saturated rings. The maximum Gasteiger partial charge on any atom is 0.191 e. The Bertz CT molecular complexity index is 774. The molecule has 0 saturated heterocycles. The number of nitrogens with zero attached hydrogens (tertiary/aromatic N) is 3. The molecule has 1 heterocycles. The smallest absolute Gasteiger partial charge is 0.191 e. The van der Waals surface area contributed by atoms with Crippen LogP contribution in [0.15, 0.2) is 34.6 Å². The van der Waals surface area contributed by atoms with Crippen LogP contribution in [-0.4, -0.2) is 45.2 Å². The minimum absolute atomic E-state index is 0.248. The van der Waals surface area contributed by atoms with Crippen molar-refractivity contribution in [1.82, 2.24) is 15.6 Å². The van der Waals surface area contributed by atoms with E-state index >= 15 is 0 Å². The third kappa shape index (κ3) is 5.69. The summed E-state index contributed by atoms with van der Waals surface area (Å²) in [5.41, 5.74) is 3.84. The fourth-order valence-electron chi connectivity index (χ4n) is 3.36. The van der Waals surface area contributed by atoms with E-state index in [0.29, 0.717) is 6.54 Å². The number of anilines is 1. The molecule has 6 nitrogen and oxygen atoms in total. The predicted molar refractivity (Wildman–Crippen MR) is 117 cm³/mol. The van der Waals surface area contributed by atoms with E-state index in [1.54, 1.807) is 18.4 Å². The largest absolute Gasteiger partial charge is 0.373 e. The number of thiazole rings is 1. The molecule has 2 aromatic rings. The summed E-state index contributed by atoms with van der Waals surface area (Å²) in [5.74, 6) is 0.794. The SMILES string of the molecule is CN=C(NCCCOC1CCCc2ccccc21)NCc1csc(N(C)C)n1. The average molecular weight is 402 g/mol.